The molecule has 1 aliphatic rings. The second-order valence-electron chi connectivity index (χ2n) is 4.75. The zero-order chi connectivity index (χ0) is 13.9. The SMILES string of the molecule is CCc1nsc(NC2CCCn3nc(COC)nc32)n1. The molecule has 0 aromatic carbocycles. The topological polar surface area (TPSA) is 77.8 Å². The van der Waals surface area contributed by atoms with Gasteiger partial charge >= 0.3 is 0 Å². The molecule has 1 aliphatic heterocycles. The average Bonchev–Trinajstić information content (AvgIpc) is 3.06. The quantitative estimate of drug-likeness (QED) is 0.905. The third kappa shape index (κ3) is 2.66. The molecule has 0 fully saturated rings. The molecule has 2 aromatic heterocycles. The number of fused-ring (bicyclic) bond motifs is 1. The number of nitrogens with zero attached hydrogens (tertiary/aromatic N) is 5. The van der Waals surface area contributed by atoms with E-state index in [2.05, 4.69) is 31.7 Å². The summed E-state index contributed by atoms with van der Waals surface area (Å²) in [6, 6.07) is 0.152. The lowest BCUT2D eigenvalue weighted by Crippen LogP contribution is -2.22. The van der Waals surface area contributed by atoms with Crippen molar-refractivity contribution in [1.29, 1.82) is 0 Å². The maximum Gasteiger partial charge on any atom is 0.203 e. The number of anilines is 1. The van der Waals surface area contributed by atoms with E-state index in [1.54, 1.807) is 7.11 Å². The highest BCUT2D eigenvalue weighted by Crippen LogP contribution is 2.28. The zero-order valence-corrected chi connectivity index (χ0v) is 12.5. The summed E-state index contributed by atoms with van der Waals surface area (Å²) in [5, 5.41) is 8.75. The molecule has 1 atom stereocenters. The lowest BCUT2D eigenvalue weighted by molar-refractivity contribution is 0.177. The molecule has 108 valence electrons. The number of methoxy groups -OCH3 is 1. The number of aromatic nitrogens is 5. The molecule has 0 radical (unpaired) electrons. The maximum absolute atomic E-state index is 5.10. The molecule has 7 nitrogen and oxygen atoms in total. The summed E-state index contributed by atoms with van der Waals surface area (Å²) in [4.78, 5) is 9.02. The van der Waals surface area contributed by atoms with Crippen LogP contribution in [-0.4, -0.2) is 31.2 Å². The van der Waals surface area contributed by atoms with Crippen molar-refractivity contribution in [2.45, 2.75) is 45.4 Å². The summed E-state index contributed by atoms with van der Waals surface area (Å²) in [6.45, 7) is 3.42. The van der Waals surface area contributed by atoms with E-state index in [9.17, 15) is 0 Å². The Balaban J connectivity index is 1.78. The van der Waals surface area contributed by atoms with Gasteiger partial charge in [0.15, 0.2) is 5.82 Å². The maximum atomic E-state index is 5.10. The third-order valence-corrected chi connectivity index (χ3v) is 3.96. The fraction of sp³-hybridized carbons (Fsp3) is 0.667. The van der Waals surface area contributed by atoms with Crippen molar-refractivity contribution in [1.82, 2.24) is 24.1 Å². The molecule has 0 amide bonds. The Morgan fingerprint density at radius 2 is 2.30 bits per heavy atom. The van der Waals surface area contributed by atoms with Crippen molar-refractivity contribution in [2.24, 2.45) is 0 Å². The second-order valence-corrected chi connectivity index (χ2v) is 5.50. The van der Waals surface area contributed by atoms with E-state index in [1.165, 1.54) is 11.5 Å². The van der Waals surface area contributed by atoms with Gasteiger partial charge in [-0.25, -0.2) is 14.6 Å². The summed E-state index contributed by atoms with van der Waals surface area (Å²) in [5.74, 6) is 2.59. The van der Waals surface area contributed by atoms with E-state index < -0.39 is 0 Å². The minimum Gasteiger partial charge on any atom is -0.377 e. The van der Waals surface area contributed by atoms with Crippen LogP contribution in [-0.2, 0) is 24.3 Å². The monoisotopic (exact) mass is 294 g/mol. The molecule has 1 unspecified atom stereocenters. The van der Waals surface area contributed by atoms with Crippen LogP contribution in [0.15, 0.2) is 0 Å². The lowest BCUT2D eigenvalue weighted by Gasteiger charge is -2.22. The highest BCUT2D eigenvalue weighted by Gasteiger charge is 2.25. The van der Waals surface area contributed by atoms with Crippen LogP contribution in [0.1, 0.15) is 43.3 Å². The van der Waals surface area contributed by atoms with E-state index in [-0.39, 0.29) is 6.04 Å². The molecular formula is C12H18N6OS. The number of ether oxygens (including phenoxy) is 1. The molecule has 2 aromatic rings. The van der Waals surface area contributed by atoms with E-state index in [0.717, 1.165) is 48.4 Å². The Hall–Kier alpha value is -1.54. The fourth-order valence-corrected chi connectivity index (χ4v) is 3.03. The molecule has 8 heteroatoms. The Labute approximate surface area is 121 Å². The van der Waals surface area contributed by atoms with Crippen LogP contribution >= 0.6 is 11.5 Å². The minimum atomic E-state index is 0.152. The first-order valence-corrected chi connectivity index (χ1v) is 7.59. The van der Waals surface area contributed by atoms with Gasteiger partial charge in [0.1, 0.15) is 18.3 Å². The summed E-state index contributed by atoms with van der Waals surface area (Å²) in [6.07, 6.45) is 2.98. The van der Waals surface area contributed by atoms with Gasteiger partial charge in [-0.3, -0.25) is 0 Å². The van der Waals surface area contributed by atoms with E-state index in [4.69, 9.17) is 4.74 Å². The van der Waals surface area contributed by atoms with Crippen LogP contribution in [0.2, 0.25) is 0 Å². The van der Waals surface area contributed by atoms with Crippen molar-refractivity contribution in [3.05, 3.63) is 17.5 Å². The molecule has 3 rings (SSSR count). The van der Waals surface area contributed by atoms with Crippen LogP contribution in [0.5, 0.6) is 0 Å². The van der Waals surface area contributed by atoms with Gasteiger partial charge in [-0.2, -0.15) is 9.47 Å². The van der Waals surface area contributed by atoms with Gasteiger partial charge in [-0.1, -0.05) is 6.92 Å². The Kier molecular flexibility index (Phi) is 3.93. The number of hydrogen-bond acceptors (Lipinski definition) is 7. The van der Waals surface area contributed by atoms with Crippen LogP contribution in [0, 0.1) is 0 Å². The Bertz CT molecular complexity index is 580. The first-order valence-electron chi connectivity index (χ1n) is 6.81. The highest BCUT2D eigenvalue weighted by molar-refractivity contribution is 7.09. The van der Waals surface area contributed by atoms with E-state index in [0.29, 0.717) is 6.61 Å². The zero-order valence-electron chi connectivity index (χ0n) is 11.7. The molecule has 0 bridgehead atoms. The van der Waals surface area contributed by atoms with Gasteiger partial charge in [0.2, 0.25) is 5.13 Å². The molecule has 3 heterocycles. The van der Waals surface area contributed by atoms with Gasteiger partial charge in [-0.05, 0) is 12.8 Å². The number of rotatable bonds is 5. The van der Waals surface area contributed by atoms with Gasteiger partial charge < -0.3 is 10.1 Å². The Morgan fingerprint density at radius 3 is 3.05 bits per heavy atom. The highest BCUT2D eigenvalue weighted by atomic mass is 32.1. The van der Waals surface area contributed by atoms with Gasteiger partial charge in [0.05, 0.1) is 6.04 Å². The summed E-state index contributed by atoms with van der Waals surface area (Å²) >= 11 is 1.41. The molecule has 0 saturated carbocycles. The molecule has 1 N–H and O–H groups in total. The van der Waals surface area contributed by atoms with Crippen LogP contribution < -0.4 is 5.32 Å². The van der Waals surface area contributed by atoms with Crippen molar-refractivity contribution in [3.63, 3.8) is 0 Å². The summed E-state index contributed by atoms with van der Waals surface area (Å²) in [5.41, 5.74) is 0. The van der Waals surface area contributed by atoms with Gasteiger partial charge in [0, 0.05) is 31.6 Å². The van der Waals surface area contributed by atoms with Crippen molar-refractivity contribution in [3.8, 4) is 0 Å². The van der Waals surface area contributed by atoms with E-state index in [1.807, 2.05) is 4.68 Å². The average molecular weight is 294 g/mol. The van der Waals surface area contributed by atoms with Crippen LogP contribution in [0.4, 0.5) is 5.13 Å². The first kappa shape index (κ1) is 13.4. The molecule has 0 aliphatic carbocycles. The molecule has 0 spiro atoms. The van der Waals surface area contributed by atoms with Crippen molar-refractivity contribution < 1.29 is 4.74 Å². The number of hydrogen-bond donors (Lipinski definition) is 1. The standard InChI is InChI=1S/C12H18N6OS/c1-3-9-15-12(20-17-9)13-8-5-4-6-18-11(8)14-10(16-18)7-19-2/h8H,3-7H2,1-2H3,(H,13,15,17). The van der Waals surface area contributed by atoms with Crippen molar-refractivity contribution in [2.75, 3.05) is 12.4 Å². The summed E-state index contributed by atoms with van der Waals surface area (Å²) < 4.78 is 11.4. The molecule has 20 heavy (non-hydrogen) atoms. The normalized spacial score (nSPS) is 18.0. The fourth-order valence-electron chi connectivity index (χ4n) is 2.33. The van der Waals surface area contributed by atoms with Gasteiger partial charge in [-0.15, -0.1) is 0 Å². The first-order chi connectivity index (χ1) is 9.80. The Morgan fingerprint density at radius 1 is 1.40 bits per heavy atom. The smallest absolute Gasteiger partial charge is 0.203 e. The largest absolute Gasteiger partial charge is 0.377 e. The van der Waals surface area contributed by atoms with E-state index >= 15 is 0 Å². The summed E-state index contributed by atoms with van der Waals surface area (Å²) in [7, 11) is 1.66. The molecule has 0 saturated heterocycles. The number of aryl methyl sites for hydroxylation is 2. The third-order valence-electron chi connectivity index (χ3n) is 3.27. The predicted molar refractivity (Wildman–Crippen MR) is 75.6 cm³/mol. The number of nitrogens with one attached hydrogen (secondary N) is 1. The van der Waals surface area contributed by atoms with Crippen molar-refractivity contribution >= 4 is 16.7 Å². The van der Waals surface area contributed by atoms with Crippen LogP contribution in [0.25, 0.3) is 0 Å². The molecular weight excluding hydrogens is 276 g/mol. The lowest BCUT2D eigenvalue weighted by atomic mass is 10.1. The predicted octanol–water partition coefficient (Wildman–Crippen LogP) is 1.79. The van der Waals surface area contributed by atoms with Gasteiger partial charge in [0.25, 0.3) is 0 Å². The van der Waals surface area contributed by atoms with Crippen LogP contribution in [0.3, 0.4) is 0 Å². The second kappa shape index (κ2) is 5.84. The minimum absolute atomic E-state index is 0.152.